The first-order valence-corrected chi connectivity index (χ1v) is 9.21. The highest BCUT2D eigenvalue weighted by atomic mass is 127. The average molecular weight is 487 g/mol. The maximum Gasteiger partial charge on any atom is 0.344 e. The molecule has 0 aromatic heterocycles. The molecule has 1 N–H and O–H groups in total. The Morgan fingerprint density at radius 2 is 1.71 bits per heavy atom. The molecule has 140 valence electrons. The van der Waals surface area contributed by atoms with E-state index in [1.165, 1.54) is 12.1 Å². The summed E-state index contributed by atoms with van der Waals surface area (Å²) in [5.74, 6) is 0.0244. The summed E-state index contributed by atoms with van der Waals surface area (Å²) in [5, 5.41) is 14.7. The van der Waals surface area contributed by atoms with Crippen LogP contribution in [-0.4, -0.2) is 17.1 Å². The second-order valence-corrected chi connectivity index (χ2v) is 6.77. The minimum absolute atomic E-state index is 0.0184. The number of hydrogen-bond acceptors (Lipinski definition) is 6. The van der Waals surface area contributed by atoms with Crippen molar-refractivity contribution in [3.05, 3.63) is 97.6 Å². The van der Waals surface area contributed by atoms with Crippen molar-refractivity contribution in [2.45, 2.75) is 0 Å². The monoisotopic (exact) mass is 487 g/mol. The second kappa shape index (κ2) is 9.09. The van der Waals surface area contributed by atoms with Crippen molar-refractivity contribution in [2.24, 2.45) is 5.10 Å². The van der Waals surface area contributed by atoms with Crippen LogP contribution in [0.25, 0.3) is 0 Å². The number of nitro groups is 1. The third-order valence-electron chi connectivity index (χ3n) is 3.67. The summed E-state index contributed by atoms with van der Waals surface area (Å²) >= 11 is 2.09. The molecule has 0 bridgehead atoms. The topological polar surface area (TPSA) is 93.8 Å². The average Bonchev–Trinajstić information content (AvgIpc) is 2.70. The minimum Gasteiger partial charge on any atom is -0.423 e. The van der Waals surface area contributed by atoms with E-state index < -0.39 is 10.9 Å². The van der Waals surface area contributed by atoms with E-state index in [-0.39, 0.29) is 5.69 Å². The molecule has 7 nitrogen and oxygen atoms in total. The quantitative estimate of drug-likeness (QED) is 0.134. The van der Waals surface area contributed by atoms with Gasteiger partial charge >= 0.3 is 5.97 Å². The molecule has 8 heteroatoms. The zero-order chi connectivity index (χ0) is 19.9. The molecule has 3 rings (SSSR count). The summed E-state index contributed by atoms with van der Waals surface area (Å²) in [5.41, 5.74) is 4.75. The van der Waals surface area contributed by atoms with Gasteiger partial charge in [-0.1, -0.05) is 12.1 Å². The summed E-state index contributed by atoms with van der Waals surface area (Å²) < 4.78 is 6.21. The Morgan fingerprint density at radius 1 is 1.04 bits per heavy atom. The largest absolute Gasteiger partial charge is 0.423 e. The Morgan fingerprint density at radius 3 is 2.36 bits per heavy atom. The number of benzene rings is 3. The Kier molecular flexibility index (Phi) is 6.33. The summed E-state index contributed by atoms with van der Waals surface area (Å²) in [6.07, 6.45) is 1.59. The van der Waals surface area contributed by atoms with E-state index in [9.17, 15) is 14.9 Å². The number of hydrogen-bond donors (Lipinski definition) is 1. The highest BCUT2D eigenvalue weighted by Gasteiger charge is 2.11. The second-order valence-electron chi connectivity index (χ2n) is 5.61. The van der Waals surface area contributed by atoms with Gasteiger partial charge in [0.05, 0.1) is 22.4 Å². The lowest BCUT2D eigenvalue weighted by Gasteiger charge is -2.06. The molecule has 0 atom stereocenters. The first-order chi connectivity index (χ1) is 13.5. The van der Waals surface area contributed by atoms with E-state index in [1.54, 1.807) is 54.7 Å². The number of anilines is 1. The Labute approximate surface area is 174 Å². The maximum atomic E-state index is 12.2. The number of hydrazone groups is 1. The van der Waals surface area contributed by atoms with Gasteiger partial charge in [-0.2, -0.15) is 5.10 Å². The van der Waals surface area contributed by atoms with Crippen molar-refractivity contribution in [3.8, 4) is 5.75 Å². The van der Waals surface area contributed by atoms with Crippen LogP contribution in [0.15, 0.2) is 77.9 Å². The zero-order valence-corrected chi connectivity index (χ0v) is 16.6. The van der Waals surface area contributed by atoms with E-state index in [1.807, 2.05) is 12.1 Å². The minimum atomic E-state index is -0.458. The molecule has 0 saturated heterocycles. The number of carbonyl (C=O) groups excluding carboxylic acids is 1. The van der Waals surface area contributed by atoms with E-state index in [2.05, 4.69) is 33.1 Å². The predicted molar refractivity (Wildman–Crippen MR) is 115 cm³/mol. The molecule has 0 saturated carbocycles. The standard InChI is InChI=1S/C20H14IN3O4/c21-19-4-2-1-3-18(19)20(25)28-17-11-5-14(6-12-17)13-22-23-15-7-9-16(10-8-15)24(26)27/h1-13,23H. The van der Waals surface area contributed by atoms with Gasteiger partial charge in [-0.05, 0) is 76.7 Å². The zero-order valence-electron chi connectivity index (χ0n) is 14.4. The van der Waals surface area contributed by atoms with Crippen LogP contribution in [-0.2, 0) is 0 Å². The van der Waals surface area contributed by atoms with Crippen LogP contribution in [0.4, 0.5) is 11.4 Å². The Bertz CT molecular complexity index is 1020. The van der Waals surface area contributed by atoms with E-state index in [4.69, 9.17) is 4.74 Å². The summed E-state index contributed by atoms with van der Waals surface area (Å²) in [6, 6.07) is 20.0. The fourth-order valence-electron chi connectivity index (χ4n) is 2.25. The number of halogens is 1. The molecule has 0 amide bonds. The number of esters is 1. The SMILES string of the molecule is O=C(Oc1ccc(C=NNc2ccc([N+](=O)[O-])cc2)cc1)c1ccccc1I. The molecule has 0 heterocycles. The smallest absolute Gasteiger partial charge is 0.344 e. The molecule has 0 aliphatic rings. The van der Waals surface area contributed by atoms with Crippen LogP contribution in [0.3, 0.4) is 0 Å². The highest BCUT2D eigenvalue weighted by molar-refractivity contribution is 14.1. The van der Waals surface area contributed by atoms with E-state index >= 15 is 0 Å². The third-order valence-corrected chi connectivity index (χ3v) is 4.61. The molecule has 0 aliphatic carbocycles. The van der Waals surface area contributed by atoms with Gasteiger partial charge < -0.3 is 4.74 Å². The highest BCUT2D eigenvalue weighted by Crippen LogP contribution is 2.18. The Hall–Kier alpha value is -3.27. The van der Waals surface area contributed by atoms with Crippen molar-refractivity contribution >= 4 is 46.1 Å². The van der Waals surface area contributed by atoms with E-state index in [0.717, 1.165) is 9.13 Å². The van der Waals surface area contributed by atoms with Gasteiger partial charge in [0.25, 0.3) is 5.69 Å². The molecule has 3 aromatic rings. The molecule has 28 heavy (non-hydrogen) atoms. The Balaban J connectivity index is 1.58. The summed E-state index contributed by atoms with van der Waals surface area (Å²) in [6.45, 7) is 0. The van der Waals surface area contributed by atoms with Crippen LogP contribution >= 0.6 is 22.6 Å². The van der Waals surface area contributed by atoms with Gasteiger partial charge in [0.1, 0.15) is 5.75 Å². The molecule has 0 aliphatic heterocycles. The van der Waals surface area contributed by atoms with Gasteiger partial charge in [0, 0.05) is 15.7 Å². The fourth-order valence-corrected chi connectivity index (χ4v) is 2.86. The molecular formula is C20H14IN3O4. The van der Waals surface area contributed by atoms with Crippen molar-refractivity contribution in [1.29, 1.82) is 0 Å². The molecule has 0 unspecified atom stereocenters. The van der Waals surface area contributed by atoms with E-state index in [0.29, 0.717) is 17.0 Å². The van der Waals surface area contributed by atoms with Gasteiger partial charge in [0.2, 0.25) is 0 Å². The van der Waals surface area contributed by atoms with Gasteiger partial charge in [-0.15, -0.1) is 0 Å². The number of nitro benzene ring substituents is 1. The molecule has 0 spiro atoms. The number of rotatable bonds is 6. The molecular weight excluding hydrogens is 473 g/mol. The lowest BCUT2D eigenvalue weighted by molar-refractivity contribution is -0.384. The van der Waals surface area contributed by atoms with Crippen molar-refractivity contribution in [2.75, 3.05) is 5.43 Å². The number of nitrogens with zero attached hydrogens (tertiary/aromatic N) is 2. The van der Waals surface area contributed by atoms with Crippen LogP contribution in [0.1, 0.15) is 15.9 Å². The van der Waals surface area contributed by atoms with Gasteiger partial charge in [-0.3, -0.25) is 15.5 Å². The lowest BCUT2D eigenvalue weighted by Crippen LogP contribution is -2.10. The number of ether oxygens (including phenoxy) is 1. The van der Waals surface area contributed by atoms with Crippen LogP contribution in [0, 0.1) is 13.7 Å². The lowest BCUT2D eigenvalue weighted by atomic mass is 10.2. The molecule has 0 fully saturated rings. The molecule has 3 aromatic carbocycles. The van der Waals surface area contributed by atoms with Crippen molar-refractivity contribution in [3.63, 3.8) is 0 Å². The first-order valence-electron chi connectivity index (χ1n) is 8.13. The normalized spacial score (nSPS) is 10.6. The third kappa shape index (κ3) is 5.13. The first kappa shape index (κ1) is 19.5. The number of nitrogens with one attached hydrogen (secondary N) is 1. The van der Waals surface area contributed by atoms with Crippen LogP contribution in [0.5, 0.6) is 5.75 Å². The maximum absolute atomic E-state index is 12.2. The van der Waals surface area contributed by atoms with Gasteiger partial charge in [0.15, 0.2) is 0 Å². The fraction of sp³-hybridized carbons (Fsp3) is 0. The predicted octanol–water partition coefficient (Wildman–Crippen LogP) is 4.86. The van der Waals surface area contributed by atoms with Crippen LogP contribution in [0.2, 0.25) is 0 Å². The number of carbonyl (C=O) groups is 1. The summed E-state index contributed by atoms with van der Waals surface area (Å²) in [4.78, 5) is 22.4. The van der Waals surface area contributed by atoms with Crippen molar-refractivity contribution in [1.82, 2.24) is 0 Å². The van der Waals surface area contributed by atoms with Crippen LogP contribution < -0.4 is 10.2 Å². The van der Waals surface area contributed by atoms with Crippen molar-refractivity contribution < 1.29 is 14.5 Å². The van der Waals surface area contributed by atoms with Gasteiger partial charge in [-0.25, -0.2) is 4.79 Å². The summed E-state index contributed by atoms with van der Waals surface area (Å²) in [7, 11) is 0. The molecule has 0 radical (unpaired) electrons. The number of non-ortho nitro benzene ring substituents is 1.